The Balaban J connectivity index is 2.10. The maximum atomic E-state index is 12.8. The summed E-state index contributed by atoms with van der Waals surface area (Å²) in [6.45, 7) is 5.15. The Bertz CT molecular complexity index is 637. The molecule has 0 saturated carbocycles. The summed E-state index contributed by atoms with van der Waals surface area (Å²) in [7, 11) is 0. The summed E-state index contributed by atoms with van der Waals surface area (Å²) in [5, 5.41) is 3.32. The van der Waals surface area contributed by atoms with Gasteiger partial charge in [-0.25, -0.2) is 4.98 Å². The van der Waals surface area contributed by atoms with Gasteiger partial charge < -0.3 is 5.32 Å². The van der Waals surface area contributed by atoms with E-state index in [1.807, 2.05) is 36.4 Å². The Hall–Kier alpha value is -2.16. The second-order valence-corrected chi connectivity index (χ2v) is 5.77. The van der Waals surface area contributed by atoms with Gasteiger partial charge in [-0.1, -0.05) is 51.3 Å². The van der Waals surface area contributed by atoms with Gasteiger partial charge >= 0.3 is 0 Å². The van der Waals surface area contributed by atoms with E-state index in [9.17, 15) is 4.79 Å². The standard InChI is InChI=1S/C20H26N2O/c1-3-5-6-7-13-21-20-18(12-9-14-22-20)19(23)17-11-8-10-16(4-2)15-17/h8-12,14-15H,3-7,13H2,1-2H3,(H,21,22). The monoisotopic (exact) mass is 310 g/mol. The van der Waals surface area contributed by atoms with Crippen molar-refractivity contribution in [2.45, 2.75) is 46.0 Å². The van der Waals surface area contributed by atoms with Gasteiger partial charge in [-0.3, -0.25) is 4.79 Å². The van der Waals surface area contributed by atoms with Crippen LogP contribution >= 0.6 is 0 Å². The van der Waals surface area contributed by atoms with Crippen molar-refractivity contribution in [1.82, 2.24) is 4.98 Å². The first-order chi connectivity index (χ1) is 11.3. The van der Waals surface area contributed by atoms with Crippen molar-refractivity contribution in [2.75, 3.05) is 11.9 Å². The molecule has 3 heteroatoms. The lowest BCUT2D eigenvalue weighted by molar-refractivity contribution is 0.103. The quantitative estimate of drug-likeness (QED) is 0.531. The number of rotatable bonds is 9. The van der Waals surface area contributed by atoms with Gasteiger partial charge in [0.2, 0.25) is 0 Å². The molecule has 0 spiro atoms. The average Bonchev–Trinajstić information content (AvgIpc) is 2.61. The lowest BCUT2D eigenvalue weighted by atomic mass is 10.0. The first-order valence-electron chi connectivity index (χ1n) is 8.58. The summed E-state index contributed by atoms with van der Waals surface area (Å²) in [4.78, 5) is 17.1. The van der Waals surface area contributed by atoms with Gasteiger partial charge in [0.25, 0.3) is 0 Å². The molecule has 1 aromatic heterocycles. The van der Waals surface area contributed by atoms with Crippen LogP contribution in [0.25, 0.3) is 0 Å². The highest BCUT2D eigenvalue weighted by atomic mass is 16.1. The zero-order valence-electron chi connectivity index (χ0n) is 14.1. The number of aromatic nitrogens is 1. The highest BCUT2D eigenvalue weighted by Gasteiger charge is 2.14. The van der Waals surface area contributed by atoms with Gasteiger partial charge in [0.1, 0.15) is 5.82 Å². The van der Waals surface area contributed by atoms with Gasteiger partial charge in [0.15, 0.2) is 5.78 Å². The van der Waals surface area contributed by atoms with Gasteiger partial charge in [0, 0.05) is 18.3 Å². The molecule has 1 aromatic carbocycles. The zero-order chi connectivity index (χ0) is 16.5. The van der Waals surface area contributed by atoms with Gasteiger partial charge in [-0.15, -0.1) is 0 Å². The topological polar surface area (TPSA) is 42.0 Å². The van der Waals surface area contributed by atoms with E-state index in [1.165, 1.54) is 24.8 Å². The van der Waals surface area contributed by atoms with E-state index < -0.39 is 0 Å². The number of hydrogen-bond acceptors (Lipinski definition) is 3. The van der Waals surface area contributed by atoms with Gasteiger partial charge in [0.05, 0.1) is 5.56 Å². The number of nitrogens with zero attached hydrogens (tertiary/aromatic N) is 1. The number of pyridine rings is 1. The van der Waals surface area contributed by atoms with Crippen LogP contribution in [-0.4, -0.2) is 17.3 Å². The van der Waals surface area contributed by atoms with Crippen LogP contribution in [0.2, 0.25) is 0 Å². The van der Waals surface area contributed by atoms with Crippen molar-refractivity contribution in [2.24, 2.45) is 0 Å². The lowest BCUT2D eigenvalue weighted by Gasteiger charge is -2.10. The largest absolute Gasteiger partial charge is 0.369 e. The molecule has 0 aliphatic rings. The molecular formula is C20H26N2O. The normalized spacial score (nSPS) is 10.5. The minimum absolute atomic E-state index is 0.0319. The molecule has 0 atom stereocenters. The fourth-order valence-electron chi connectivity index (χ4n) is 2.58. The Morgan fingerprint density at radius 2 is 1.96 bits per heavy atom. The third-order valence-corrected chi connectivity index (χ3v) is 3.97. The van der Waals surface area contributed by atoms with E-state index in [-0.39, 0.29) is 5.78 Å². The van der Waals surface area contributed by atoms with Crippen molar-refractivity contribution in [3.05, 3.63) is 59.3 Å². The zero-order valence-corrected chi connectivity index (χ0v) is 14.1. The number of benzene rings is 1. The van der Waals surface area contributed by atoms with Crippen LogP contribution in [0.1, 0.15) is 61.0 Å². The summed E-state index contributed by atoms with van der Waals surface area (Å²) in [6, 6.07) is 11.5. The number of hydrogen-bond donors (Lipinski definition) is 1. The molecule has 0 radical (unpaired) electrons. The highest BCUT2D eigenvalue weighted by molar-refractivity contribution is 6.11. The van der Waals surface area contributed by atoms with Crippen molar-refractivity contribution >= 4 is 11.6 Å². The number of carbonyl (C=O) groups excluding carboxylic acids is 1. The maximum Gasteiger partial charge on any atom is 0.196 e. The van der Waals surface area contributed by atoms with Crippen LogP contribution in [0.4, 0.5) is 5.82 Å². The summed E-state index contributed by atoms with van der Waals surface area (Å²) in [5.41, 5.74) is 2.55. The lowest BCUT2D eigenvalue weighted by Crippen LogP contribution is -2.10. The molecule has 0 unspecified atom stereocenters. The smallest absolute Gasteiger partial charge is 0.196 e. The number of carbonyl (C=O) groups is 1. The molecule has 0 aliphatic heterocycles. The van der Waals surface area contributed by atoms with Gasteiger partial charge in [-0.2, -0.15) is 0 Å². The Morgan fingerprint density at radius 3 is 2.74 bits per heavy atom. The van der Waals surface area contributed by atoms with Crippen molar-refractivity contribution < 1.29 is 4.79 Å². The van der Waals surface area contributed by atoms with Crippen molar-refractivity contribution in [1.29, 1.82) is 0 Å². The first kappa shape index (κ1) is 17.2. The number of aryl methyl sites for hydroxylation is 1. The molecule has 0 aliphatic carbocycles. The summed E-state index contributed by atoms with van der Waals surface area (Å²) in [6.07, 6.45) is 7.44. The molecule has 3 nitrogen and oxygen atoms in total. The van der Waals surface area contributed by atoms with Crippen LogP contribution in [0.3, 0.4) is 0 Å². The minimum atomic E-state index is 0.0319. The fourth-order valence-corrected chi connectivity index (χ4v) is 2.58. The predicted molar refractivity (Wildman–Crippen MR) is 96.1 cm³/mol. The number of unbranched alkanes of at least 4 members (excludes halogenated alkanes) is 3. The molecule has 0 bridgehead atoms. The van der Waals surface area contributed by atoms with Crippen molar-refractivity contribution in [3.8, 4) is 0 Å². The molecule has 1 N–H and O–H groups in total. The van der Waals surface area contributed by atoms with Crippen LogP contribution < -0.4 is 5.32 Å². The Morgan fingerprint density at radius 1 is 1.09 bits per heavy atom. The molecule has 2 rings (SSSR count). The molecule has 122 valence electrons. The SMILES string of the molecule is CCCCCCNc1ncccc1C(=O)c1cccc(CC)c1. The van der Waals surface area contributed by atoms with Crippen LogP contribution in [-0.2, 0) is 6.42 Å². The summed E-state index contributed by atoms with van der Waals surface area (Å²) in [5.74, 6) is 0.723. The number of ketones is 1. The van der Waals surface area contributed by atoms with E-state index in [1.54, 1.807) is 6.20 Å². The Kier molecular flexibility index (Phi) is 6.79. The van der Waals surface area contributed by atoms with Crippen LogP contribution in [0, 0.1) is 0 Å². The number of nitrogens with one attached hydrogen (secondary N) is 1. The van der Waals surface area contributed by atoms with E-state index >= 15 is 0 Å². The number of anilines is 1. The summed E-state index contributed by atoms with van der Waals surface area (Å²) >= 11 is 0. The molecular weight excluding hydrogens is 284 g/mol. The third-order valence-electron chi connectivity index (χ3n) is 3.97. The van der Waals surface area contributed by atoms with Crippen LogP contribution in [0.15, 0.2) is 42.6 Å². The highest BCUT2D eigenvalue weighted by Crippen LogP contribution is 2.18. The molecule has 2 aromatic rings. The van der Waals surface area contributed by atoms with E-state index in [0.717, 1.165) is 24.9 Å². The molecule has 0 saturated heterocycles. The summed E-state index contributed by atoms with van der Waals surface area (Å²) < 4.78 is 0. The fraction of sp³-hybridized carbons (Fsp3) is 0.400. The maximum absolute atomic E-state index is 12.8. The Labute approximate surface area is 139 Å². The third kappa shape index (κ3) is 4.92. The van der Waals surface area contributed by atoms with Crippen molar-refractivity contribution in [3.63, 3.8) is 0 Å². The van der Waals surface area contributed by atoms with E-state index in [2.05, 4.69) is 24.1 Å². The molecule has 23 heavy (non-hydrogen) atoms. The van der Waals surface area contributed by atoms with E-state index in [0.29, 0.717) is 11.4 Å². The second-order valence-electron chi connectivity index (χ2n) is 5.77. The first-order valence-corrected chi connectivity index (χ1v) is 8.58. The molecule has 1 heterocycles. The van der Waals surface area contributed by atoms with Gasteiger partial charge in [-0.05, 0) is 36.6 Å². The van der Waals surface area contributed by atoms with Crippen LogP contribution in [0.5, 0.6) is 0 Å². The molecule has 0 fully saturated rings. The van der Waals surface area contributed by atoms with E-state index in [4.69, 9.17) is 0 Å². The molecule has 0 amide bonds. The second kappa shape index (κ2) is 9.09. The minimum Gasteiger partial charge on any atom is -0.369 e. The predicted octanol–water partition coefficient (Wildman–Crippen LogP) is 4.87. The average molecular weight is 310 g/mol.